The Balaban J connectivity index is 3.00. The van der Waals surface area contributed by atoms with Crippen molar-refractivity contribution in [2.24, 2.45) is 5.73 Å². The number of hydrogen-bond acceptors (Lipinski definition) is 2. The highest BCUT2D eigenvalue weighted by Crippen LogP contribution is 2.26. The van der Waals surface area contributed by atoms with Crippen molar-refractivity contribution in [1.82, 2.24) is 0 Å². The Morgan fingerprint density at radius 1 is 1.43 bits per heavy atom. The fourth-order valence-corrected chi connectivity index (χ4v) is 1.81. The Bertz CT molecular complexity index is 299. The van der Waals surface area contributed by atoms with Gasteiger partial charge in [-0.3, -0.25) is 0 Å². The Hall–Kier alpha value is -0.730. The molecule has 1 aromatic carbocycles. The van der Waals surface area contributed by atoms with Crippen LogP contribution >= 0.6 is 11.6 Å². The molecule has 0 bridgehead atoms. The van der Waals surface area contributed by atoms with Crippen LogP contribution < -0.4 is 10.6 Å². The zero-order valence-corrected chi connectivity index (χ0v) is 9.51. The van der Waals surface area contributed by atoms with Crippen LogP contribution in [0.3, 0.4) is 0 Å². The molecule has 0 saturated carbocycles. The summed E-state index contributed by atoms with van der Waals surface area (Å²) in [6.07, 6.45) is 1.12. The van der Waals surface area contributed by atoms with Gasteiger partial charge in [-0.15, -0.1) is 0 Å². The second kappa shape index (κ2) is 5.23. The molecule has 0 fully saturated rings. The van der Waals surface area contributed by atoms with E-state index < -0.39 is 0 Å². The molecule has 0 amide bonds. The van der Waals surface area contributed by atoms with E-state index in [1.807, 2.05) is 12.1 Å². The number of rotatable bonds is 4. The van der Waals surface area contributed by atoms with Crippen LogP contribution in [0.5, 0.6) is 0 Å². The molecule has 78 valence electrons. The molecule has 2 nitrogen and oxygen atoms in total. The molecule has 0 unspecified atom stereocenters. The summed E-state index contributed by atoms with van der Waals surface area (Å²) in [7, 11) is 2.06. The number of benzene rings is 1. The molecule has 1 aromatic rings. The van der Waals surface area contributed by atoms with Gasteiger partial charge in [-0.2, -0.15) is 0 Å². The molecule has 0 aliphatic rings. The minimum absolute atomic E-state index is 0.489. The van der Waals surface area contributed by atoms with Crippen LogP contribution in [0.2, 0.25) is 5.02 Å². The van der Waals surface area contributed by atoms with E-state index in [0.29, 0.717) is 6.54 Å². The Morgan fingerprint density at radius 2 is 2.14 bits per heavy atom. The molecular formula is C11H17ClN2. The number of hydrogen-bond donors (Lipinski definition) is 1. The molecule has 14 heavy (non-hydrogen) atoms. The van der Waals surface area contributed by atoms with Crippen LogP contribution in [-0.4, -0.2) is 13.6 Å². The van der Waals surface area contributed by atoms with Crippen molar-refractivity contribution in [1.29, 1.82) is 0 Å². The highest BCUT2D eigenvalue weighted by atomic mass is 35.5. The van der Waals surface area contributed by atoms with E-state index in [4.69, 9.17) is 17.3 Å². The first kappa shape index (κ1) is 11.3. The van der Waals surface area contributed by atoms with E-state index in [2.05, 4.69) is 24.9 Å². The fraction of sp³-hybridized carbons (Fsp3) is 0.455. The van der Waals surface area contributed by atoms with Crippen LogP contribution in [-0.2, 0) is 6.54 Å². The van der Waals surface area contributed by atoms with Crippen LogP contribution in [0.4, 0.5) is 5.69 Å². The molecule has 0 saturated heterocycles. The van der Waals surface area contributed by atoms with E-state index in [9.17, 15) is 0 Å². The molecule has 0 aliphatic heterocycles. The van der Waals surface area contributed by atoms with Crippen LogP contribution in [0, 0.1) is 0 Å². The second-order valence-corrected chi connectivity index (χ2v) is 3.77. The van der Waals surface area contributed by atoms with Crippen LogP contribution in [0.1, 0.15) is 18.9 Å². The summed E-state index contributed by atoms with van der Waals surface area (Å²) in [6, 6.07) is 5.90. The minimum Gasteiger partial charge on any atom is -0.374 e. The summed E-state index contributed by atoms with van der Waals surface area (Å²) in [5.74, 6) is 0. The van der Waals surface area contributed by atoms with Crippen LogP contribution in [0.25, 0.3) is 0 Å². The summed E-state index contributed by atoms with van der Waals surface area (Å²) in [6.45, 7) is 3.67. The largest absolute Gasteiger partial charge is 0.374 e. The molecule has 2 N–H and O–H groups in total. The number of halogens is 1. The predicted octanol–water partition coefficient (Wildman–Crippen LogP) is 2.64. The van der Waals surface area contributed by atoms with Gasteiger partial charge in [0.05, 0.1) is 0 Å². The van der Waals surface area contributed by atoms with E-state index in [0.717, 1.165) is 29.2 Å². The van der Waals surface area contributed by atoms with Crippen molar-refractivity contribution in [3.63, 3.8) is 0 Å². The van der Waals surface area contributed by atoms with Crippen molar-refractivity contribution in [3.8, 4) is 0 Å². The van der Waals surface area contributed by atoms with E-state index in [1.165, 1.54) is 0 Å². The van der Waals surface area contributed by atoms with Gasteiger partial charge >= 0.3 is 0 Å². The quantitative estimate of drug-likeness (QED) is 0.832. The molecule has 0 spiro atoms. The van der Waals surface area contributed by atoms with E-state index in [1.54, 1.807) is 0 Å². The third kappa shape index (κ3) is 2.40. The van der Waals surface area contributed by atoms with E-state index >= 15 is 0 Å². The van der Waals surface area contributed by atoms with Gasteiger partial charge in [0.1, 0.15) is 0 Å². The Morgan fingerprint density at radius 3 is 2.71 bits per heavy atom. The molecule has 0 heterocycles. The molecule has 0 radical (unpaired) electrons. The monoisotopic (exact) mass is 212 g/mol. The summed E-state index contributed by atoms with van der Waals surface area (Å²) < 4.78 is 0. The first-order chi connectivity index (χ1) is 6.70. The van der Waals surface area contributed by atoms with Crippen molar-refractivity contribution < 1.29 is 0 Å². The lowest BCUT2D eigenvalue weighted by molar-refractivity contribution is 0.843. The number of nitrogens with two attached hydrogens (primary N) is 1. The summed E-state index contributed by atoms with van der Waals surface area (Å²) in [5.41, 5.74) is 7.85. The van der Waals surface area contributed by atoms with Gasteiger partial charge in [-0.1, -0.05) is 24.6 Å². The Kier molecular flexibility index (Phi) is 4.23. The highest BCUT2D eigenvalue weighted by Gasteiger charge is 2.08. The molecule has 3 heteroatoms. The van der Waals surface area contributed by atoms with Crippen LogP contribution in [0.15, 0.2) is 18.2 Å². The lowest BCUT2D eigenvalue weighted by atomic mass is 10.1. The topological polar surface area (TPSA) is 29.3 Å². The van der Waals surface area contributed by atoms with Gasteiger partial charge in [-0.05, 0) is 18.6 Å². The third-order valence-electron chi connectivity index (χ3n) is 2.27. The van der Waals surface area contributed by atoms with Crippen molar-refractivity contribution in [3.05, 3.63) is 28.8 Å². The summed E-state index contributed by atoms with van der Waals surface area (Å²) in [5, 5.41) is 0.757. The van der Waals surface area contributed by atoms with Crippen molar-refractivity contribution in [2.75, 3.05) is 18.5 Å². The normalized spacial score (nSPS) is 10.3. The summed E-state index contributed by atoms with van der Waals surface area (Å²) >= 11 is 6.07. The lowest BCUT2D eigenvalue weighted by Crippen LogP contribution is -2.20. The van der Waals surface area contributed by atoms with Gasteiger partial charge in [0, 0.05) is 36.4 Å². The average molecular weight is 213 g/mol. The van der Waals surface area contributed by atoms with Crippen molar-refractivity contribution >= 4 is 17.3 Å². The zero-order valence-electron chi connectivity index (χ0n) is 8.76. The first-order valence-electron chi connectivity index (χ1n) is 4.89. The SMILES string of the molecule is CCCN(C)c1cccc(Cl)c1CN. The first-order valence-corrected chi connectivity index (χ1v) is 5.27. The van der Waals surface area contributed by atoms with Gasteiger partial charge in [0.25, 0.3) is 0 Å². The minimum atomic E-state index is 0.489. The zero-order chi connectivity index (χ0) is 10.6. The van der Waals surface area contributed by atoms with E-state index in [-0.39, 0.29) is 0 Å². The average Bonchev–Trinajstić information content (AvgIpc) is 2.17. The molecule has 0 aromatic heterocycles. The maximum Gasteiger partial charge on any atom is 0.0471 e. The Labute approximate surface area is 90.7 Å². The third-order valence-corrected chi connectivity index (χ3v) is 2.62. The van der Waals surface area contributed by atoms with Gasteiger partial charge in [0.15, 0.2) is 0 Å². The molecule has 0 aliphatic carbocycles. The van der Waals surface area contributed by atoms with Gasteiger partial charge < -0.3 is 10.6 Å². The number of anilines is 1. The maximum atomic E-state index is 6.07. The maximum absolute atomic E-state index is 6.07. The van der Waals surface area contributed by atoms with Gasteiger partial charge in [-0.25, -0.2) is 0 Å². The number of nitrogens with zero attached hydrogens (tertiary/aromatic N) is 1. The standard InChI is InChI=1S/C11H17ClN2/c1-3-7-14(2)11-6-4-5-10(12)9(11)8-13/h4-6H,3,7-8,13H2,1-2H3. The highest BCUT2D eigenvalue weighted by molar-refractivity contribution is 6.31. The second-order valence-electron chi connectivity index (χ2n) is 3.36. The predicted molar refractivity (Wildman–Crippen MR) is 62.9 cm³/mol. The van der Waals surface area contributed by atoms with Gasteiger partial charge in [0.2, 0.25) is 0 Å². The smallest absolute Gasteiger partial charge is 0.0471 e. The lowest BCUT2D eigenvalue weighted by Gasteiger charge is -2.22. The molecular weight excluding hydrogens is 196 g/mol. The molecule has 1 rings (SSSR count). The fourth-order valence-electron chi connectivity index (χ4n) is 1.56. The summed E-state index contributed by atoms with van der Waals surface area (Å²) in [4.78, 5) is 2.19. The van der Waals surface area contributed by atoms with Crippen molar-refractivity contribution in [2.45, 2.75) is 19.9 Å². The molecule has 0 atom stereocenters.